The number of hydrogen-bond acceptors (Lipinski definition) is 6. The normalized spacial score (nSPS) is 11.2. The highest BCUT2D eigenvalue weighted by molar-refractivity contribution is 9.10. The predicted octanol–water partition coefficient (Wildman–Crippen LogP) is 3.26. The number of anilines is 1. The highest BCUT2D eigenvalue weighted by atomic mass is 79.9. The van der Waals surface area contributed by atoms with Crippen molar-refractivity contribution in [2.75, 3.05) is 11.6 Å². The topological polar surface area (TPSA) is 124 Å². The van der Waals surface area contributed by atoms with Crippen LogP contribution < -0.4 is 5.32 Å². The Bertz CT molecular complexity index is 1210. The van der Waals surface area contributed by atoms with Crippen LogP contribution in [-0.4, -0.2) is 35.3 Å². The molecule has 11 heteroatoms. The summed E-state index contributed by atoms with van der Waals surface area (Å²) in [7, 11) is -3.74. The van der Waals surface area contributed by atoms with Crippen LogP contribution in [0.25, 0.3) is 0 Å². The van der Waals surface area contributed by atoms with Gasteiger partial charge in [-0.05, 0) is 23.8 Å². The van der Waals surface area contributed by atoms with Crippen molar-refractivity contribution in [1.29, 1.82) is 0 Å². The minimum absolute atomic E-state index is 0.144. The summed E-state index contributed by atoms with van der Waals surface area (Å²) in [4.78, 5) is 22.7. The van der Waals surface area contributed by atoms with E-state index in [4.69, 9.17) is 0 Å². The van der Waals surface area contributed by atoms with Gasteiger partial charge < -0.3 is 5.32 Å². The van der Waals surface area contributed by atoms with Gasteiger partial charge in [-0.2, -0.15) is 5.10 Å². The van der Waals surface area contributed by atoms with Gasteiger partial charge in [-0.3, -0.25) is 14.9 Å². The SMILES string of the molecule is CS(=O)(=O)c1cc(C(=O)Nc2ccnn2Cc2cccc(Br)c2)cc([N+](=O)[O-])c1. The molecular weight excluding hydrogens is 464 g/mol. The summed E-state index contributed by atoms with van der Waals surface area (Å²) in [5.74, 6) is -0.322. The van der Waals surface area contributed by atoms with Gasteiger partial charge in [0.05, 0.1) is 22.6 Å². The molecule has 0 aliphatic carbocycles. The zero-order valence-corrected chi connectivity index (χ0v) is 17.5. The maximum Gasteiger partial charge on any atom is 0.271 e. The first-order valence-electron chi connectivity index (χ1n) is 8.20. The van der Waals surface area contributed by atoms with Gasteiger partial charge in [0.2, 0.25) is 0 Å². The van der Waals surface area contributed by atoms with E-state index in [1.54, 1.807) is 10.7 Å². The van der Waals surface area contributed by atoms with Crippen molar-refractivity contribution in [3.05, 3.63) is 80.4 Å². The molecule has 9 nitrogen and oxygen atoms in total. The van der Waals surface area contributed by atoms with E-state index in [0.29, 0.717) is 12.4 Å². The molecule has 29 heavy (non-hydrogen) atoms. The highest BCUT2D eigenvalue weighted by Gasteiger charge is 2.20. The van der Waals surface area contributed by atoms with E-state index < -0.39 is 26.4 Å². The van der Waals surface area contributed by atoms with Crippen LogP contribution in [-0.2, 0) is 16.4 Å². The third-order valence-electron chi connectivity index (χ3n) is 3.97. The third-order valence-corrected chi connectivity index (χ3v) is 5.56. The monoisotopic (exact) mass is 478 g/mol. The van der Waals surface area contributed by atoms with Gasteiger partial charge in [-0.25, -0.2) is 13.1 Å². The molecule has 0 unspecified atom stereocenters. The number of non-ortho nitro benzene ring substituents is 1. The molecule has 1 amide bonds. The number of halogens is 1. The number of amides is 1. The van der Waals surface area contributed by atoms with Crippen molar-refractivity contribution in [3.63, 3.8) is 0 Å². The van der Waals surface area contributed by atoms with Gasteiger partial charge in [0, 0.05) is 34.5 Å². The lowest BCUT2D eigenvalue weighted by molar-refractivity contribution is -0.385. The molecule has 1 N–H and O–H groups in total. The Kier molecular flexibility index (Phi) is 5.80. The number of benzene rings is 2. The standard InChI is InChI=1S/C18H15BrN4O5S/c1-29(27,28)16-9-13(8-15(10-16)23(25)26)18(24)21-17-5-6-20-22(17)11-12-3-2-4-14(19)7-12/h2-10H,11H2,1H3,(H,21,24). The van der Waals surface area contributed by atoms with Gasteiger partial charge in [0.25, 0.3) is 11.6 Å². The molecule has 0 aliphatic heterocycles. The van der Waals surface area contributed by atoms with Crippen LogP contribution in [0.3, 0.4) is 0 Å². The van der Waals surface area contributed by atoms with Crippen LogP contribution in [0, 0.1) is 10.1 Å². The molecule has 150 valence electrons. The predicted molar refractivity (Wildman–Crippen MR) is 110 cm³/mol. The van der Waals surface area contributed by atoms with Gasteiger partial charge in [0.1, 0.15) is 5.82 Å². The van der Waals surface area contributed by atoms with E-state index in [9.17, 15) is 23.3 Å². The highest BCUT2D eigenvalue weighted by Crippen LogP contribution is 2.22. The van der Waals surface area contributed by atoms with E-state index in [1.807, 2.05) is 24.3 Å². The number of rotatable bonds is 6. The number of nitrogens with one attached hydrogen (secondary N) is 1. The van der Waals surface area contributed by atoms with E-state index in [1.165, 1.54) is 6.20 Å². The molecule has 0 fully saturated rings. The van der Waals surface area contributed by atoms with E-state index in [2.05, 4.69) is 26.3 Å². The van der Waals surface area contributed by atoms with Crippen molar-refractivity contribution in [2.45, 2.75) is 11.4 Å². The van der Waals surface area contributed by atoms with Crippen LogP contribution in [0.1, 0.15) is 15.9 Å². The maximum atomic E-state index is 12.6. The van der Waals surface area contributed by atoms with Crippen molar-refractivity contribution in [3.8, 4) is 0 Å². The van der Waals surface area contributed by atoms with Gasteiger partial charge in [-0.1, -0.05) is 28.1 Å². The summed E-state index contributed by atoms with van der Waals surface area (Å²) in [6.07, 6.45) is 2.42. The molecule has 0 saturated heterocycles. The second kappa shape index (κ2) is 8.13. The fraction of sp³-hybridized carbons (Fsp3) is 0.111. The van der Waals surface area contributed by atoms with Crippen molar-refractivity contribution in [1.82, 2.24) is 9.78 Å². The van der Waals surface area contributed by atoms with Gasteiger partial charge in [-0.15, -0.1) is 0 Å². The Morgan fingerprint density at radius 1 is 1.24 bits per heavy atom. The van der Waals surface area contributed by atoms with E-state index in [0.717, 1.165) is 34.5 Å². The Morgan fingerprint density at radius 2 is 2.00 bits per heavy atom. The van der Waals surface area contributed by atoms with Crippen LogP contribution in [0.5, 0.6) is 0 Å². The van der Waals surface area contributed by atoms with Crippen LogP contribution >= 0.6 is 15.9 Å². The average molecular weight is 479 g/mol. The van der Waals surface area contributed by atoms with Crippen LogP contribution in [0.2, 0.25) is 0 Å². The maximum absolute atomic E-state index is 12.6. The molecule has 0 radical (unpaired) electrons. The molecule has 0 aliphatic rings. The van der Waals surface area contributed by atoms with Gasteiger partial charge in [0.15, 0.2) is 9.84 Å². The first-order valence-corrected chi connectivity index (χ1v) is 10.9. The third kappa shape index (κ3) is 5.06. The molecule has 0 atom stereocenters. The largest absolute Gasteiger partial charge is 0.307 e. The molecule has 0 saturated carbocycles. The first-order chi connectivity index (χ1) is 13.6. The molecule has 0 bridgehead atoms. The zero-order chi connectivity index (χ0) is 21.2. The Labute approximate surface area is 174 Å². The summed E-state index contributed by atoms with van der Waals surface area (Å²) in [5.41, 5.74) is 0.309. The number of aromatic nitrogens is 2. The fourth-order valence-electron chi connectivity index (χ4n) is 2.60. The minimum atomic E-state index is -3.74. The zero-order valence-electron chi connectivity index (χ0n) is 15.1. The van der Waals surface area contributed by atoms with Gasteiger partial charge >= 0.3 is 0 Å². The molecule has 0 spiro atoms. The Hall–Kier alpha value is -3.05. The summed E-state index contributed by atoms with van der Waals surface area (Å²) in [6, 6.07) is 12.2. The second-order valence-electron chi connectivity index (χ2n) is 6.20. The summed E-state index contributed by atoms with van der Waals surface area (Å²) < 4.78 is 26.1. The average Bonchev–Trinajstić information content (AvgIpc) is 3.07. The lowest BCUT2D eigenvalue weighted by atomic mass is 10.2. The van der Waals surface area contributed by atoms with E-state index >= 15 is 0 Å². The number of nitro benzene ring substituents is 1. The summed E-state index contributed by atoms with van der Waals surface area (Å²) in [5, 5.41) is 17.9. The van der Waals surface area contributed by atoms with Crippen LogP contribution in [0.15, 0.2) is 64.1 Å². The summed E-state index contributed by atoms with van der Waals surface area (Å²) in [6.45, 7) is 0.381. The lowest BCUT2D eigenvalue weighted by Gasteiger charge is -2.10. The molecular formula is C18H15BrN4O5S. The Morgan fingerprint density at radius 3 is 2.66 bits per heavy atom. The number of carbonyl (C=O) groups is 1. The van der Waals surface area contributed by atoms with Crippen LogP contribution in [0.4, 0.5) is 11.5 Å². The lowest BCUT2D eigenvalue weighted by Crippen LogP contribution is -2.17. The first kappa shape index (κ1) is 20.7. The fourth-order valence-corrected chi connectivity index (χ4v) is 3.72. The number of sulfone groups is 1. The number of nitro groups is 1. The van der Waals surface area contributed by atoms with Crippen molar-refractivity contribution < 1.29 is 18.1 Å². The molecule has 1 heterocycles. The molecule has 1 aromatic heterocycles. The quantitative estimate of drug-likeness (QED) is 0.428. The number of hydrogen-bond donors (Lipinski definition) is 1. The number of carbonyl (C=O) groups excluding carboxylic acids is 1. The molecule has 2 aromatic carbocycles. The number of nitrogens with zero attached hydrogens (tertiary/aromatic N) is 3. The van der Waals surface area contributed by atoms with Crippen molar-refractivity contribution in [2.24, 2.45) is 0 Å². The minimum Gasteiger partial charge on any atom is -0.307 e. The molecule has 3 rings (SSSR count). The Balaban J connectivity index is 1.89. The summed E-state index contributed by atoms with van der Waals surface area (Å²) >= 11 is 3.39. The smallest absolute Gasteiger partial charge is 0.271 e. The molecule has 3 aromatic rings. The van der Waals surface area contributed by atoms with Crippen molar-refractivity contribution >= 4 is 43.2 Å². The second-order valence-corrected chi connectivity index (χ2v) is 9.13. The van der Waals surface area contributed by atoms with E-state index in [-0.39, 0.29) is 10.5 Å².